The van der Waals surface area contributed by atoms with Gasteiger partial charge in [0.25, 0.3) is 17.7 Å². The lowest BCUT2D eigenvalue weighted by atomic mass is 10.0. The average Bonchev–Trinajstić information content (AvgIpc) is 2.64. The highest BCUT2D eigenvalue weighted by atomic mass is 19.1. The number of rotatable bonds is 5. The molecule has 1 heterocycles. The van der Waals surface area contributed by atoms with Crippen LogP contribution in [0.15, 0.2) is 42.7 Å². The van der Waals surface area contributed by atoms with E-state index < -0.39 is 46.9 Å². The highest BCUT2D eigenvalue weighted by Gasteiger charge is 2.27. The zero-order valence-electron chi connectivity index (χ0n) is 14.6. The van der Waals surface area contributed by atoms with E-state index in [4.69, 9.17) is 0 Å². The van der Waals surface area contributed by atoms with E-state index >= 15 is 0 Å². The summed E-state index contributed by atoms with van der Waals surface area (Å²) >= 11 is 0. The van der Waals surface area contributed by atoms with Gasteiger partial charge in [0, 0.05) is 12.4 Å². The van der Waals surface area contributed by atoms with Crippen LogP contribution in [0.3, 0.4) is 0 Å². The summed E-state index contributed by atoms with van der Waals surface area (Å²) in [7, 11) is 0. The lowest BCUT2D eigenvalue weighted by Gasteiger charge is -2.22. The van der Waals surface area contributed by atoms with E-state index in [1.165, 1.54) is 18.5 Å². The van der Waals surface area contributed by atoms with Crippen LogP contribution >= 0.6 is 0 Å². The molecular formula is C18H18F2N4O3. The molecule has 3 amide bonds. The quantitative estimate of drug-likeness (QED) is 0.690. The Balaban J connectivity index is 2.05. The molecule has 0 spiro atoms. The normalized spacial score (nSPS) is 11.6. The number of nitrogens with one attached hydrogen (secondary N) is 3. The molecule has 1 aromatic carbocycles. The van der Waals surface area contributed by atoms with Gasteiger partial charge in [0.1, 0.15) is 23.2 Å². The first-order valence-corrected chi connectivity index (χ1v) is 8.06. The molecule has 1 atom stereocenters. The van der Waals surface area contributed by atoms with E-state index in [-0.39, 0.29) is 5.56 Å². The van der Waals surface area contributed by atoms with Crippen molar-refractivity contribution in [3.05, 3.63) is 65.5 Å². The molecule has 0 aliphatic heterocycles. The number of aromatic nitrogens is 1. The maximum Gasteiger partial charge on any atom is 0.271 e. The van der Waals surface area contributed by atoms with Crippen LogP contribution < -0.4 is 16.2 Å². The number of pyridine rings is 1. The molecule has 0 fully saturated rings. The van der Waals surface area contributed by atoms with Crippen molar-refractivity contribution in [1.29, 1.82) is 0 Å². The Morgan fingerprint density at radius 1 is 0.963 bits per heavy atom. The molecule has 2 rings (SSSR count). The van der Waals surface area contributed by atoms with Gasteiger partial charge in [-0.05, 0) is 30.2 Å². The van der Waals surface area contributed by atoms with Gasteiger partial charge in [0.05, 0.1) is 5.56 Å². The number of amides is 3. The number of benzene rings is 1. The second-order valence-corrected chi connectivity index (χ2v) is 5.98. The molecule has 7 nitrogen and oxygen atoms in total. The smallest absolute Gasteiger partial charge is 0.271 e. The molecule has 142 valence electrons. The van der Waals surface area contributed by atoms with Gasteiger partial charge >= 0.3 is 0 Å². The van der Waals surface area contributed by atoms with Gasteiger partial charge in [-0.2, -0.15) is 0 Å². The van der Waals surface area contributed by atoms with Gasteiger partial charge in [0.2, 0.25) is 0 Å². The fourth-order valence-corrected chi connectivity index (χ4v) is 2.23. The molecule has 2 aromatic rings. The minimum absolute atomic E-state index is 0.219. The van der Waals surface area contributed by atoms with Crippen LogP contribution in [0.25, 0.3) is 0 Å². The molecule has 0 saturated heterocycles. The second kappa shape index (κ2) is 8.84. The Morgan fingerprint density at radius 3 is 2.19 bits per heavy atom. The Bertz CT molecular complexity index is 824. The zero-order valence-corrected chi connectivity index (χ0v) is 14.6. The Kier molecular flexibility index (Phi) is 6.53. The maximum absolute atomic E-state index is 13.7. The van der Waals surface area contributed by atoms with Gasteiger partial charge in [-0.1, -0.05) is 19.9 Å². The highest BCUT2D eigenvalue weighted by molar-refractivity contribution is 5.99. The molecule has 0 aliphatic rings. The summed E-state index contributed by atoms with van der Waals surface area (Å²) in [4.78, 5) is 40.2. The van der Waals surface area contributed by atoms with Crippen LogP contribution in [0.1, 0.15) is 34.6 Å². The fraction of sp³-hybridized carbons (Fsp3) is 0.222. The number of hydrogen-bond acceptors (Lipinski definition) is 4. The summed E-state index contributed by atoms with van der Waals surface area (Å²) < 4.78 is 27.5. The molecular weight excluding hydrogens is 358 g/mol. The first kappa shape index (κ1) is 20.0. The zero-order chi connectivity index (χ0) is 20.0. The van der Waals surface area contributed by atoms with Gasteiger partial charge < -0.3 is 5.32 Å². The monoisotopic (exact) mass is 376 g/mol. The van der Waals surface area contributed by atoms with Gasteiger partial charge in [-0.25, -0.2) is 8.78 Å². The van der Waals surface area contributed by atoms with Crippen LogP contribution in [-0.2, 0) is 4.79 Å². The summed E-state index contributed by atoms with van der Waals surface area (Å²) in [5, 5.41) is 2.28. The number of halogens is 2. The third-order valence-corrected chi connectivity index (χ3v) is 3.65. The Labute approximate surface area is 154 Å². The van der Waals surface area contributed by atoms with Gasteiger partial charge in [-0.15, -0.1) is 0 Å². The van der Waals surface area contributed by atoms with E-state index in [0.29, 0.717) is 0 Å². The number of carbonyl (C=O) groups excluding carboxylic acids is 3. The van der Waals surface area contributed by atoms with Gasteiger partial charge in [-0.3, -0.25) is 30.2 Å². The molecule has 0 radical (unpaired) electrons. The van der Waals surface area contributed by atoms with Crippen molar-refractivity contribution in [2.75, 3.05) is 0 Å². The molecule has 3 N–H and O–H groups in total. The molecule has 0 saturated carbocycles. The highest BCUT2D eigenvalue weighted by Crippen LogP contribution is 2.13. The lowest BCUT2D eigenvalue weighted by Crippen LogP contribution is -2.54. The van der Waals surface area contributed by atoms with E-state index in [1.807, 2.05) is 0 Å². The number of hydrazine groups is 1. The van der Waals surface area contributed by atoms with Crippen molar-refractivity contribution in [2.24, 2.45) is 5.92 Å². The molecule has 27 heavy (non-hydrogen) atoms. The molecule has 0 unspecified atom stereocenters. The number of nitrogens with zero attached hydrogens (tertiary/aromatic N) is 1. The van der Waals surface area contributed by atoms with E-state index in [2.05, 4.69) is 21.2 Å². The first-order chi connectivity index (χ1) is 12.8. The molecule has 0 bridgehead atoms. The standard InChI is InChI=1S/C18H18F2N4O3/c1-10(2)15(22-17(26)14-12(19)6-3-7-13(14)20)18(27)24-23-16(25)11-5-4-8-21-9-11/h3-10,15H,1-2H3,(H,22,26)(H,23,25)(H,24,27)/t15-/m0/s1. The largest absolute Gasteiger partial charge is 0.340 e. The van der Waals surface area contributed by atoms with Gasteiger partial charge in [0.15, 0.2) is 0 Å². The Hall–Kier alpha value is -3.36. The third-order valence-electron chi connectivity index (χ3n) is 3.65. The molecule has 9 heteroatoms. The number of carbonyl (C=O) groups is 3. The second-order valence-electron chi connectivity index (χ2n) is 5.98. The summed E-state index contributed by atoms with van der Waals surface area (Å²) in [6.45, 7) is 3.26. The van der Waals surface area contributed by atoms with Crippen LogP contribution in [0.2, 0.25) is 0 Å². The van der Waals surface area contributed by atoms with E-state index in [1.54, 1.807) is 19.9 Å². The van der Waals surface area contributed by atoms with Crippen molar-refractivity contribution in [3.8, 4) is 0 Å². The number of hydrogen-bond donors (Lipinski definition) is 3. The lowest BCUT2D eigenvalue weighted by molar-refractivity contribution is -0.124. The van der Waals surface area contributed by atoms with Crippen molar-refractivity contribution in [1.82, 2.24) is 21.2 Å². The minimum Gasteiger partial charge on any atom is -0.340 e. The van der Waals surface area contributed by atoms with Crippen LogP contribution in [-0.4, -0.2) is 28.7 Å². The van der Waals surface area contributed by atoms with Crippen molar-refractivity contribution in [3.63, 3.8) is 0 Å². The SMILES string of the molecule is CC(C)[C@H](NC(=O)c1c(F)cccc1F)C(=O)NNC(=O)c1cccnc1. The third kappa shape index (κ3) is 5.06. The summed E-state index contributed by atoms with van der Waals surface area (Å²) in [6.07, 6.45) is 2.80. The van der Waals surface area contributed by atoms with Crippen molar-refractivity contribution < 1.29 is 23.2 Å². The summed E-state index contributed by atoms with van der Waals surface area (Å²) in [5.74, 6) is -4.92. The van der Waals surface area contributed by atoms with Crippen LogP contribution in [0.4, 0.5) is 8.78 Å². The predicted molar refractivity (Wildman–Crippen MR) is 92.3 cm³/mol. The summed E-state index contributed by atoms with van der Waals surface area (Å²) in [6, 6.07) is 4.93. The molecule has 0 aliphatic carbocycles. The topological polar surface area (TPSA) is 100 Å². The Morgan fingerprint density at radius 2 is 1.63 bits per heavy atom. The minimum atomic E-state index is -1.13. The predicted octanol–water partition coefficient (Wildman–Crippen LogP) is 1.58. The van der Waals surface area contributed by atoms with Crippen molar-refractivity contribution in [2.45, 2.75) is 19.9 Å². The fourth-order valence-electron chi connectivity index (χ4n) is 2.23. The maximum atomic E-state index is 13.7. The first-order valence-electron chi connectivity index (χ1n) is 8.06. The van der Waals surface area contributed by atoms with Crippen molar-refractivity contribution >= 4 is 17.7 Å². The molecule has 1 aromatic heterocycles. The van der Waals surface area contributed by atoms with Crippen LogP contribution in [0, 0.1) is 17.6 Å². The summed E-state index contributed by atoms with van der Waals surface area (Å²) in [5.41, 5.74) is 3.81. The average molecular weight is 376 g/mol. The van der Waals surface area contributed by atoms with E-state index in [9.17, 15) is 23.2 Å². The van der Waals surface area contributed by atoms with Crippen LogP contribution in [0.5, 0.6) is 0 Å². The van der Waals surface area contributed by atoms with E-state index in [0.717, 1.165) is 18.2 Å².